The number of nitro benzene ring substituents is 1. The first-order valence-corrected chi connectivity index (χ1v) is 10.4. The van der Waals surface area contributed by atoms with E-state index >= 15 is 0 Å². The summed E-state index contributed by atoms with van der Waals surface area (Å²) in [5, 5.41) is 10.8. The van der Waals surface area contributed by atoms with Crippen molar-refractivity contribution in [3.8, 4) is 17.2 Å². The van der Waals surface area contributed by atoms with Crippen LogP contribution in [0.3, 0.4) is 0 Å². The highest BCUT2D eigenvalue weighted by Gasteiger charge is 2.31. The number of nitro groups is 1. The normalized spacial score (nSPS) is 11.2. The second-order valence-electron chi connectivity index (χ2n) is 6.62. The maximum absolute atomic E-state index is 12.8. The van der Waals surface area contributed by atoms with Gasteiger partial charge in [-0.2, -0.15) is 13.2 Å². The molecular weight excluding hydrogens is 483 g/mol. The number of nitrogens with zero attached hydrogens (tertiary/aromatic N) is 1. The summed E-state index contributed by atoms with van der Waals surface area (Å²) in [6, 6.07) is 13.0. The van der Waals surface area contributed by atoms with Crippen molar-refractivity contribution in [3.63, 3.8) is 0 Å². The van der Waals surface area contributed by atoms with E-state index < -0.39 is 16.7 Å². The van der Waals surface area contributed by atoms with E-state index in [-0.39, 0.29) is 39.3 Å². The lowest BCUT2D eigenvalue weighted by molar-refractivity contribution is -0.385. The van der Waals surface area contributed by atoms with Crippen molar-refractivity contribution in [2.75, 3.05) is 7.11 Å². The van der Waals surface area contributed by atoms with Crippen molar-refractivity contribution in [1.82, 2.24) is 0 Å². The molecule has 0 aliphatic rings. The summed E-state index contributed by atoms with van der Waals surface area (Å²) in [6.07, 6.45) is -4.84. The fourth-order valence-corrected chi connectivity index (χ4v) is 3.78. The highest BCUT2D eigenvalue weighted by molar-refractivity contribution is 8.13. The van der Waals surface area contributed by atoms with E-state index in [0.29, 0.717) is 10.6 Å². The van der Waals surface area contributed by atoms with Gasteiger partial charge in [0.15, 0.2) is 5.12 Å². The van der Waals surface area contributed by atoms with E-state index in [1.807, 2.05) is 0 Å². The first kappa shape index (κ1) is 24.4. The Morgan fingerprint density at radius 2 is 1.73 bits per heavy atom. The van der Waals surface area contributed by atoms with Crippen molar-refractivity contribution in [3.05, 3.63) is 86.9 Å². The van der Waals surface area contributed by atoms with Gasteiger partial charge in [-0.1, -0.05) is 23.4 Å². The molecule has 0 aliphatic carbocycles. The van der Waals surface area contributed by atoms with Gasteiger partial charge in [-0.15, -0.1) is 0 Å². The summed E-state index contributed by atoms with van der Waals surface area (Å²) in [5.41, 5.74) is -1.14. The summed E-state index contributed by atoms with van der Waals surface area (Å²) in [4.78, 5) is 23.9. The first-order valence-electron chi connectivity index (χ1n) is 9.23. The first-order chi connectivity index (χ1) is 15.6. The van der Waals surface area contributed by atoms with Crippen LogP contribution in [0.2, 0.25) is 5.02 Å². The molecule has 3 rings (SSSR count). The zero-order chi connectivity index (χ0) is 24.2. The molecule has 172 valence electrons. The summed E-state index contributed by atoms with van der Waals surface area (Å²) >= 11 is 6.81. The molecule has 0 bridgehead atoms. The number of hydrogen-bond donors (Lipinski definition) is 0. The van der Waals surface area contributed by atoms with Crippen molar-refractivity contribution in [2.24, 2.45) is 0 Å². The Bertz CT molecular complexity index is 1190. The van der Waals surface area contributed by atoms with E-state index in [1.165, 1.54) is 19.2 Å². The maximum atomic E-state index is 12.8. The minimum absolute atomic E-state index is 0.0663. The van der Waals surface area contributed by atoms with Crippen LogP contribution >= 0.6 is 23.4 Å². The van der Waals surface area contributed by atoms with Crippen LogP contribution in [-0.2, 0) is 17.4 Å². The van der Waals surface area contributed by atoms with Gasteiger partial charge >= 0.3 is 6.18 Å². The molecule has 0 saturated carbocycles. The van der Waals surface area contributed by atoms with Gasteiger partial charge in [0.05, 0.1) is 22.6 Å². The summed E-state index contributed by atoms with van der Waals surface area (Å²) in [7, 11) is 1.51. The Labute approximate surface area is 195 Å². The number of carbonyl (C=O) groups excluding carboxylic acids is 1. The molecule has 0 amide bonds. The number of carbonyl (C=O) groups is 1. The van der Waals surface area contributed by atoms with Crippen molar-refractivity contribution >= 4 is 34.2 Å². The second kappa shape index (κ2) is 10.1. The Morgan fingerprint density at radius 3 is 2.30 bits per heavy atom. The van der Waals surface area contributed by atoms with E-state index in [0.717, 1.165) is 36.0 Å². The number of ether oxygens (including phenoxy) is 2. The molecule has 0 fully saturated rings. The molecular formula is C22H15ClF3NO5S. The van der Waals surface area contributed by atoms with Gasteiger partial charge in [-0.25, -0.2) is 0 Å². The zero-order valence-corrected chi connectivity index (χ0v) is 18.5. The van der Waals surface area contributed by atoms with E-state index in [2.05, 4.69) is 0 Å². The van der Waals surface area contributed by atoms with Crippen LogP contribution in [0.4, 0.5) is 18.9 Å². The summed E-state index contributed by atoms with van der Waals surface area (Å²) < 4.78 is 49.0. The van der Waals surface area contributed by atoms with Crippen LogP contribution < -0.4 is 9.47 Å². The van der Waals surface area contributed by atoms with Gasteiger partial charge in [-0.3, -0.25) is 14.9 Å². The number of rotatable bonds is 7. The number of thioether (sulfide) groups is 1. The highest BCUT2D eigenvalue weighted by atomic mass is 35.5. The van der Waals surface area contributed by atoms with Crippen LogP contribution in [-0.4, -0.2) is 17.1 Å². The second-order valence-corrected chi connectivity index (χ2v) is 8.16. The van der Waals surface area contributed by atoms with Crippen molar-refractivity contribution < 1.29 is 32.4 Å². The topological polar surface area (TPSA) is 78.7 Å². The Balaban J connectivity index is 1.80. The summed E-state index contributed by atoms with van der Waals surface area (Å²) in [5.74, 6) is 0.636. The quantitative estimate of drug-likeness (QED) is 0.200. The lowest BCUT2D eigenvalue weighted by Gasteiger charge is -2.12. The zero-order valence-electron chi connectivity index (χ0n) is 16.9. The van der Waals surface area contributed by atoms with Crippen LogP contribution in [0.1, 0.15) is 11.1 Å². The fraction of sp³-hybridized carbons (Fsp3) is 0.136. The molecule has 0 atom stereocenters. The molecule has 3 aromatic carbocycles. The third kappa shape index (κ3) is 6.39. The van der Waals surface area contributed by atoms with Gasteiger partial charge in [0.1, 0.15) is 17.2 Å². The fourth-order valence-electron chi connectivity index (χ4n) is 2.80. The van der Waals surface area contributed by atoms with Gasteiger partial charge < -0.3 is 9.47 Å². The molecule has 33 heavy (non-hydrogen) atoms. The minimum atomic E-state index is -4.56. The number of benzene rings is 3. The molecule has 0 unspecified atom stereocenters. The molecule has 3 aromatic rings. The lowest BCUT2D eigenvalue weighted by atomic mass is 10.1. The molecule has 0 aromatic heterocycles. The Morgan fingerprint density at radius 1 is 1.06 bits per heavy atom. The highest BCUT2D eigenvalue weighted by Crippen LogP contribution is 2.37. The van der Waals surface area contributed by atoms with Gasteiger partial charge in [0.2, 0.25) is 0 Å². The van der Waals surface area contributed by atoms with Gasteiger partial charge in [-0.05, 0) is 54.6 Å². The number of alkyl halides is 3. The van der Waals surface area contributed by atoms with Crippen LogP contribution in [0.25, 0.3) is 0 Å². The number of methoxy groups -OCH3 is 1. The minimum Gasteiger partial charge on any atom is -0.497 e. The summed E-state index contributed by atoms with van der Waals surface area (Å²) in [6.45, 7) is 0. The van der Waals surface area contributed by atoms with Crippen molar-refractivity contribution in [2.45, 2.75) is 17.5 Å². The van der Waals surface area contributed by atoms with Crippen LogP contribution in [0, 0.1) is 10.1 Å². The molecule has 0 heterocycles. The lowest BCUT2D eigenvalue weighted by Crippen LogP contribution is -2.04. The van der Waals surface area contributed by atoms with Crippen molar-refractivity contribution in [1.29, 1.82) is 0 Å². The van der Waals surface area contributed by atoms with Crippen LogP contribution in [0.5, 0.6) is 17.2 Å². The van der Waals surface area contributed by atoms with E-state index in [1.54, 1.807) is 24.3 Å². The molecule has 0 radical (unpaired) electrons. The standard InChI is InChI=1S/C22H15ClF3NO5S/c1-31-15-3-6-17(7-4-15)33-21(28)11-13-10-16(5-8-19(13)27(29)30)32-20-9-2-14(12-18(20)23)22(24,25)26/h2-10,12H,11H2,1H3. The molecule has 0 saturated heterocycles. The third-order valence-corrected chi connectivity index (χ3v) is 5.54. The molecule has 0 N–H and O–H groups in total. The SMILES string of the molecule is COc1ccc(SC(=O)Cc2cc(Oc3ccc(C(F)(F)F)cc3Cl)ccc2[N+](=O)[O-])cc1. The number of hydrogen-bond acceptors (Lipinski definition) is 6. The van der Waals surface area contributed by atoms with E-state index in [4.69, 9.17) is 21.1 Å². The molecule has 6 nitrogen and oxygen atoms in total. The molecule has 0 aliphatic heterocycles. The largest absolute Gasteiger partial charge is 0.497 e. The smallest absolute Gasteiger partial charge is 0.416 e. The monoisotopic (exact) mass is 497 g/mol. The predicted molar refractivity (Wildman–Crippen MR) is 117 cm³/mol. The number of halogens is 4. The predicted octanol–water partition coefficient (Wildman–Crippen LogP) is 6.93. The van der Waals surface area contributed by atoms with Gasteiger partial charge in [0.25, 0.3) is 5.69 Å². The molecule has 0 spiro atoms. The van der Waals surface area contributed by atoms with Gasteiger partial charge in [0, 0.05) is 22.9 Å². The molecule has 11 heteroatoms. The van der Waals surface area contributed by atoms with Crippen LogP contribution in [0.15, 0.2) is 65.6 Å². The average molecular weight is 498 g/mol. The van der Waals surface area contributed by atoms with E-state index in [9.17, 15) is 28.1 Å². The Kier molecular flexibility index (Phi) is 7.50. The third-order valence-electron chi connectivity index (χ3n) is 4.36. The maximum Gasteiger partial charge on any atom is 0.416 e. The Hall–Kier alpha value is -3.24. The average Bonchev–Trinajstić information content (AvgIpc) is 2.75.